The van der Waals surface area contributed by atoms with Gasteiger partial charge in [-0.2, -0.15) is 0 Å². The van der Waals surface area contributed by atoms with Crippen LogP contribution in [0.15, 0.2) is 71.5 Å². The van der Waals surface area contributed by atoms with Gasteiger partial charge in [0.05, 0.1) is 22.1 Å². The number of hydrogen-bond donors (Lipinski definition) is 3. The van der Waals surface area contributed by atoms with E-state index in [0.29, 0.717) is 33.3 Å². The van der Waals surface area contributed by atoms with Gasteiger partial charge in [-0.05, 0) is 54.6 Å². The second-order valence-electron chi connectivity index (χ2n) is 7.23. The number of halogens is 1. The molecule has 9 heteroatoms. The van der Waals surface area contributed by atoms with Crippen molar-refractivity contribution >= 4 is 45.3 Å². The number of carbonyl (C=O) groups is 1. The number of nitrogens with one attached hydrogen (secondary N) is 3. The summed E-state index contributed by atoms with van der Waals surface area (Å²) in [6.45, 7) is 0.252. The molecule has 1 amide bonds. The Bertz CT molecular complexity index is 1480. The fraction of sp³-hybridized carbons (Fsp3) is 0.0870. The number of benzene rings is 3. The molecule has 0 saturated carbocycles. The minimum atomic E-state index is -0.293. The van der Waals surface area contributed by atoms with Crippen LogP contribution in [0, 0.1) is 0 Å². The Morgan fingerprint density at radius 1 is 1.03 bits per heavy atom. The molecular weight excluding hydrogens is 430 g/mol. The number of carbonyl (C=O) groups excluding carboxylic acids is 1. The maximum absolute atomic E-state index is 12.8. The van der Waals surface area contributed by atoms with Crippen LogP contribution in [-0.2, 0) is 17.9 Å². The largest absolute Gasteiger partial charge is 0.486 e. The van der Waals surface area contributed by atoms with Crippen LogP contribution >= 0.6 is 11.6 Å². The summed E-state index contributed by atoms with van der Waals surface area (Å²) in [5.74, 6) is 1.06. The fourth-order valence-corrected chi connectivity index (χ4v) is 3.67. The third kappa shape index (κ3) is 4.08. The average molecular weight is 448 g/mol. The van der Waals surface area contributed by atoms with Gasteiger partial charge in [-0.3, -0.25) is 4.79 Å². The lowest BCUT2D eigenvalue weighted by atomic mass is 10.2. The van der Waals surface area contributed by atoms with Crippen molar-refractivity contribution in [1.82, 2.24) is 19.5 Å². The Balaban J connectivity index is 1.37. The molecule has 5 aromatic rings. The molecule has 0 saturated heterocycles. The Morgan fingerprint density at radius 2 is 1.81 bits per heavy atom. The third-order valence-corrected chi connectivity index (χ3v) is 5.27. The highest BCUT2D eigenvalue weighted by Crippen LogP contribution is 2.21. The number of imidazole rings is 2. The first-order valence-corrected chi connectivity index (χ1v) is 10.3. The van der Waals surface area contributed by atoms with Crippen LogP contribution in [0.3, 0.4) is 0 Å². The highest BCUT2D eigenvalue weighted by molar-refractivity contribution is 6.30. The van der Waals surface area contributed by atoms with Crippen molar-refractivity contribution in [3.05, 3.63) is 88.1 Å². The number of amides is 1. The molecule has 0 fully saturated rings. The van der Waals surface area contributed by atoms with Crippen molar-refractivity contribution in [3.63, 3.8) is 0 Å². The van der Waals surface area contributed by atoms with Gasteiger partial charge >= 0.3 is 5.69 Å². The smallest absolute Gasteiger partial charge is 0.323 e. The number of aromatic amines is 2. The SMILES string of the molecule is O=C(Cn1c(COc2ccc(Cl)cc2)nc2ccccc21)Nc1ccc2[nH]c(=O)[nH]c2c1. The number of rotatable bonds is 6. The number of fused-ring (bicyclic) bond motifs is 2. The summed E-state index contributed by atoms with van der Waals surface area (Å²) in [6.07, 6.45) is 0. The molecule has 160 valence electrons. The number of para-hydroxylation sites is 2. The first-order chi connectivity index (χ1) is 15.5. The zero-order valence-electron chi connectivity index (χ0n) is 16.8. The molecule has 2 heterocycles. The molecule has 0 radical (unpaired) electrons. The normalized spacial score (nSPS) is 11.2. The summed E-state index contributed by atoms with van der Waals surface area (Å²) < 4.78 is 7.69. The van der Waals surface area contributed by atoms with E-state index in [2.05, 4.69) is 20.3 Å². The zero-order chi connectivity index (χ0) is 22.1. The van der Waals surface area contributed by atoms with E-state index >= 15 is 0 Å². The third-order valence-electron chi connectivity index (χ3n) is 5.02. The summed E-state index contributed by atoms with van der Waals surface area (Å²) in [5.41, 5.74) is 3.21. The van der Waals surface area contributed by atoms with Gasteiger partial charge in [-0.15, -0.1) is 0 Å². The highest BCUT2D eigenvalue weighted by atomic mass is 35.5. The molecule has 0 aliphatic carbocycles. The second kappa shape index (κ2) is 8.24. The van der Waals surface area contributed by atoms with Gasteiger partial charge in [0.25, 0.3) is 0 Å². The summed E-state index contributed by atoms with van der Waals surface area (Å²) in [4.78, 5) is 34.3. The highest BCUT2D eigenvalue weighted by Gasteiger charge is 2.15. The molecule has 0 spiro atoms. The fourth-order valence-electron chi connectivity index (χ4n) is 3.55. The molecule has 32 heavy (non-hydrogen) atoms. The van der Waals surface area contributed by atoms with Gasteiger partial charge < -0.3 is 24.6 Å². The lowest BCUT2D eigenvalue weighted by molar-refractivity contribution is -0.116. The average Bonchev–Trinajstić information content (AvgIpc) is 3.32. The summed E-state index contributed by atoms with van der Waals surface area (Å²) in [7, 11) is 0. The maximum atomic E-state index is 12.8. The van der Waals surface area contributed by atoms with Gasteiger partial charge in [0.1, 0.15) is 24.7 Å². The number of ether oxygens (including phenoxy) is 1. The number of hydrogen-bond acceptors (Lipinski definition) is 4. The second-order valence-corrected chi connectivity index (χ2v) is 7.67. The van der Waals surface area contributed by atoms with Crippen molar-refractivity contribution in [2.45, 2.75) is 13.2 Å². The van der Waals surface area contributed by atoms with Crippen LogP contribution in [0.1, 0.15) is 5.82 Å². The minimum absolute atomic E-state index is 0.0571. The Kier molecular flexibility index (Phi) is 5.12. The number of nitrogens with zero attached hydrogens (tertiary/aromatic N) is 2. The minimum Gasteiger partial charge on any atom is -0.486 e. The van der Waals surface area contributed by atoms with E-state index < -0.39 is 0 Å². The topological polar surface area (TPSA) is 105 Å². The Hall–Kier alpha value is -4.04. The van der Waals surface area contributed by atoms with Crippen molar-refractivity contribution in [2.24, 2.45) is 0 Å². The summed E-state index contributed by atoms with van der Waals surface area (Å²) >= 11 is 5.93. The molecule has 0 bridgehead atoms. The zero-order valence-corrected chi connectivity index (χ0v) is 17.5. The van der Waals surface area contributed by atoms with E-state index in [0.717, 1.165) is 11.0 Å². The molecule has 8 nitrogen and oxygen atoms in total. The van der Waals surface area contributed by atoms with Crippen LogP contribution in [0.4, 0.5) is 5.69 Å². The Labute approximate surface area is 186 Å². The van der Waals surface area contributed by atoms with Gasteiger partial charge in [-0.25, -0.2) is 9.78 Å². The van der Waals surface area contributed by atoms with Crippen molar-refractivity contribution < 1.29 is 9.53 Å². The molecule has 5 rings (SSSR count). The van der Waals surface area contributed by atoms with Gasteiger partial charge in [-0.1, -0.05) is 23.7 Å². The quantitative estimate of drug-likeness (QED) is 0.365. The molecule has 3 aromatic carbocycles. The van der Waals surface area contributed by atoms with E-state index in [-0.39, 0.29) is 24.7 Å². The summed E-state index contributed by atoms with van der Waals surface area (Å²) in [6, 6.07) is 19.9. The van der Waals surface area contributed by atoms with Crippen LogP contribution in [-0.4, -0.2) is 25.4 Å². The summed E-state index contributed by atoms with van der Waals surface area (Å²) in [5, 5.41) is 3.50. The van der Waals surface area contributed by atoms with E-state index in [1.165, 1.54) is 0 Å². The predicted octanol–water partition coefficient (Wildman–Crippen LogP) is 4.08. The first-order valence-electron chi connectivity index (χ1n) is 9.89. The number of aromatic nitrogens is 4. The lowest BCUT2D eigenvalue weighted by Crippen LogP contribution is -2.20. The van der Waals surface area contributed by atoms with Crippen LogP contribution in [0.25, 0.3) is 22.1 Å². The first kappa shape index (κ1) is 19.9. The van der Waals surface area contributed by atoms with E-state index in [4.69, 9.17) is 16.3 Å². The number of H-pyrrole nitrogens is 2. The predicted molar refractivity (Wildman–Crippen MR) is 123 cm³/mol. The number of anilines is 1. The van der Waals surface area contributed by atoms with Gasteiger partial charge in [0, 0.05) is 10.7 Å². The van der Waals surface area contributed by atoms with E-state index in [9.17, 15) is 9.59 Å². The molecule has 2 aromatic heterocycles. The molecule has 0 aliphatic rings. The van der Waals surface area contributed by atoms with Gasteiger partial charge in [0.15, 0.2) is 0 Å². The molecule has 3 N–H and O–H groups in total. The van der Waals surface area contributed by atoms with E-state index in [1.807, 2.05) is 28.8 Å². The van der Waals surface area contributed by atoms with E-state index in [1.54, 1.807) is 42.5 Å². The van der Waals surface area contributed by atoms with Crippen LogP contribution in [0.5, 0.6) is 5.75 Å². The van der Waals surface area contributed by atoms with Gasteiger partial charge in [0.2, 0.25) is 5.91 Å². The van der Waals surface area contributed by atoms with Crippen molar-refractivity contribution in [1.29, 1.82) is 0 Å². The van der Waals surface area contributed by atoms with Crippen molar-refractivity contribution in [3.8, 4) is 5.75 Å². The molecule has 0 unspecified atom stereocenters. The maximum Gasteiger partial charge on any atom is 0.323 e. The standard InChI is InChI=1S/C23H18ClN5O3/c24-14-5-8-16(9-6-14)32-13-21-26-18-3-1-2-4-20(18)29(21)12-22(30)25-15-7-10-17-19(11-15)28-23(31)27-17/h1-11H,12-13H2,(H,25,30)(H2,27,28,31). The Morgan fingerprint density at radius 3 is 2.66 bits per heavy atom. The molecular formula is C23H18ClN5O3. The van der Waals surface area contributed by atoms with Crippen molar-refractivity contribution in [2.75, 3.05) is 5.32 Å². The molecule has 0 atom stereocenters. The van der Waals surface area contributed by atoms with Crippen LogP contribution < -0.4 is 15.7 Å². The lowest BCUT2D eigenvalue weighted by Gasteiger charge is -2.11. The monoisotopic (exact) mass is 447 g/mol. The van der Waals surface area contributed by atoms with Crippen LogP contribution in [0.2, 0.25) is 5.02 Å². The molecule has 0 aliphatic heterocycles.